The van der Waals surface area contributed by atoms with E-state index in [2.05, 4.69) is 22.6 Å². The van der Waals surface area contributed by atoms with Gasteiger partial charge in [-0.15, -0.1) is 17.7 Å². The number of hydrogen-bond acceptors (Lipinski definition) is 2. The molecule has 0 bridgehead atoms. The zero-order valence-electron chi connectivity index (χ0n) is 7.32. The molecule has 70 valence electrons. The van der Waals surface area contributed by atoms with Gasteiger partial charge in [0.05, 0.1) is 12.1 Å². The molecule has 3 nitrogen and oxygen atoms in total. The Kier molecular flexibility index (Phi) is 2.14. The van der Waals surface area contributed by atoms with E-state index in [0.717, 1.165) is 5.52 Å². The Morgan fingerprint density at radius 2 is 2.29 bits per heavy atom. The van der Waals surface area contributed by atoms with Gasteiger partial charge in [0.1, 0.15) is 5.52 Å². The van der Waals surface area contributed by atoms with Gasteiger partial charge in [-0.1, -0.05) is 18.2 Å². The topological polar surface area (TPSA) is 22.2 Å². The van der Waals surface area contributed by atoms with Gasteiger partial charge >= 0.3 is 0 Å². The van der Waals surface area contributed by atoms with Crippen LogP contribution in [0.1, 0.15) is 0 Å². The SMILES string of the molecule is [C-]#[N+]c1c2c(Cl)c(S)ccc2nn1C. The molecule has 0 radical (unpaired) electrons. The molecule has 0 saturated carbocycles. The molecule has 0 amide bonds. The Hall–Kier alpha value is -1.18. The lowest BCUT2D eigenvalue weighted by molar-refractivity contribution is 0.795. The lowest BCUT2D eigenvalue weighted by Crippen LogP contribution is -1.86. The highest BCUT2D eigenvalue weighted by molar-refractivity contribution is 7.80. The van der Waals surface area contributed by atoms with E-state index < -0.39 is 0 Å². The molecule has 5 heteroatoms. The maximum absolute atomic E-state index is 7.03. The van der Waals surface area contributed by atoms with Crippen LogP contribution in [0.2, 0.25) is 5.02 Å². The van der Waals surface area contributed by atoms with Gasteiger partial charge in [0.15, 0.2) is 0 Å². The summed E-state index contributed by atoms with van der Waals surface area (Å²) in [4.78, 5) is 4.06. The molecular formula is C9H6ClN3S. The van der Waals surface area contributed by atoms with Crippen LogP contribution in [0.3, 0.4) is 0 Å². The summed E-state index contributed by atoms with van der Waals surface area (Å²) in [5.41, 5.74) is 0.723. The number of thiol groups is 1. The third-order valence-corrected chi connectivity index (χ3v) is 2.89. The molecule has 0 N–H and O–H groups in total. The Balaban J connectivity index is 3.00. The number of fused-ring (bicyclic) bond motifs is 1. The zero-order chi connectivity index (χ0) is 10.3. The van der Waals surface area contributed by atoms with Crippen LogP contribution in [0.25, 0.3) is 15.7 Å². The van der Waals surface area contributed by atoms with Crippen molar-refractivity contribution in [3.05, 3.63) is 28.6 Å². The van der Waals surface area contributed by atoms with Gasteiger partial charge in [-0.3, -0.25) is 0 Å². The summed E-state index contributed by atoms with van der Waals surface area (Å²) in [6.07, 6.45) is 0. The number of nitrogens with zero attached hydrogens (tertiary/aromatic N) is 3. The molecule has 2 rings (SSSR count). The van der Waals surface area contributed by atoms with Gasteiger partial charge < -0.3 is 4.85 Å². The highest BCUT2D eigenvalue weighted by Crippen LogP contribution is 2.35. The van der Waals surface area contributed by atoms with Gasteiger partial charge in [-0.05, 0) is 12.1 Å². The molecule has 1 heterocycles. The largest absolute Gasteiger partial charge is 0.362 e. The molecule has 0 aliphatic carbocycles. The molecular weight excluding hydrogens is 218 g/mol. The van der Waals surface area contributed by atoms with Crippen molar-refractivity contribution >= 4 is 41.0 Å². The van der Waals surface area contributed by atoms with Crippen molar-refractivity contribution in [2.45, 2.75) is 4.90 Å². The number of hydrogen-bond donors (Lipinski definition) is 1. The van der Waals surface area contributed by atoms with E-state index in [9.17, 15) is 0 Å². The summed E-state index contributed by atoms with van der Waals surface area (Å²) in [5, 5.41) is 5.34. The van der Waals surface area contributed by atoms with Crippen molar-refractivity contribution in [2.24, 2.45) is 7.05 Å². The molecule has 0 aliphatic heterocycles. The second-order valence-corrected chi connectivity index (χ2v) is 3.71. The molecule has 0 unspecified atom stereocenters. The molecule has 2 aromatic rings. The second-order valence-electron chi connectivity index (χ2n) is 2.85. The second kappa shape index (κ2) is 3.19. The third kappa shape index (κ3) is 1.17. The van der Waals surface area contributed by atoms with Crippen molar-refractivity contribution in [1.29, 1.82) is 0 Å². The van der Waals surface area contributed by atoms with E-state index in [1.807, 2.05) is 0 Å². The van der Waals surface area contributed by atoms with E-state index >= 15 is 0 Å². The van der Waals surface area contributed by atoms with Crippen LogP contribution in [0.15, 0.2) is 17.0 Å². The van der Waals surface area contributed by atoms with E-state index in [1.165, 1.54) is 4.68 Å². The van der Waals surface area contributed by atoms with Crippen molar-refractivity contribution in [2.75, 3.05) is 0 Å². The van der Waals surface area contributed by atoms with Crippen LogP contribution >= 0.6 is 24.2 Å². The highest BCUT2D eigenvalue weighted by atomic mass is 35.5. The first-order valence-corrected chi connectivity index (χ1v) is 4.69. The standard InChI is InChI=1S/C9H6ClN3S/c1-11-9-7-5(12-13(9)2)3-4-6(14)8(7)10/h3-4,14H,2H3. The van der Waals surface area contributed by atoms with Crippen molar-refractivity contribution < 1.29 is 0 Å². The summed E-state index contributed by atoms with van der Waals surface area (Å²) in [7, 11) is 1.72. The number of rotatable bonds is 0. The van der Waals surface area contributed by atoms with Crippen LogP contribution < -0.4 is 0 Å². The van der Waals surface area contributed by atoms with Gasteiger partial charge in [0.2, 0.25) is 0 Å². The Labute approximate surface area is 91.5 Å². The average molecular weight is 224 g/mol. The van der Waals surface area contributed by atoms with Crippen LogP contribution in [-0.4, -0.2) is 9.78 Å². The predicted octanol–water partition coefficient (Wildman–Crippen LogP) is 3.07. The van der Waals surface area contributed by atoms with Gasteiger partial charge in [-0.2, -0.15) is 4.68 Å². The molecule has 1 aromatic heterocycles. The number of benzene rings is 1. The van der Waals surface area contributed by atoms with Crippen molar-refractivity contribution in [3.63, 3.8) is 0 Å². The third-order valence-electron chi connectivity index (χ3n) is 1.99. The summed E-state index contributed by atoms with van der Waals surface area (Å²) in [6, 6.07) is 3.58. The normalized spacial score (nSPS) is 10.4. The quantitative estimate of drug-likeness (QED) is 0.538. The minimum Gasteiger partial charge on any atom is -0.362 e. The minimum atomic E-state index is 0.445. The van der Waals surface area contributed by atoms with Gasteiger partial charge in [0, 0.05) is 10.3 Å². The van der Waals surface area contributed by atoms with E-state index in [0.29, 0.717) is 21.1 Å². The Morgan fingerprint density at radius 1 is 1.57 bits per heavy atom. The van der Waals surface area contributed by atoms with Gasteiger partial charge in [-0.25, -0.2) is 0 Å². The summed E-state index contributed by atoms with van der Waals surface area (Å²) >= 11 is 10.2. The molecule has 0 saturated heterocycles. The Bertz CT molecular complexity index is 553. The van der Waals surface area contributed by atoms with Crippen LogP contribution in [0, 0.1) is 6.57 Å². The summed E-state index contributed by atoms with van der Waals surface area (Å²) in [5.74, 6) is 0.445. The lowest BCUT2D eigenvalue weighted by Gasteiger charge is -1.97. The molecule has 14 heavy (non-hydrogen) atoms. The monoisotopic (exact) mass is 223 g/mol. The number of halogens is 1. The minimum absolute atomic E-state index is 0.445. The summed E-state index contributed by atoms with van der Waals surface area (Å²) in [6.45, 7) is 7.03. The fraction of sp³-hybridized carbons (Fsp3) is 0.111. The first-order chi connectivity index (χ1) is 6.65. The summed E-state index contributed by atoms with van der Waals surface area (Å²) < 4.78 is 1.52. The van der Waals surface area contributed by atoms with E-state index in [1.54, 1.807) is 19.2 Å². The fourth-order valence-corrected chi connectivity index (χ4v) is 1.78. The highest BCUT2D eigenvalue weighted by Gasteiger charge is 2.13. The van der Waals surface area contributed by atoms with E-state index in [-0.39, 0.29) is 0 Å². The average Bonchev–Trinajstić information content (AvgIpc) is 2.48. The maximum atomic E-state index is 7.03. The first kappa shape index (κ1) is 9.38. The molecule has 0 spiro atoms. The fourth-order valence-electron chi connectivity index (χ4n) is 1.35. The lowest BCUT2D eigenvalue weighted by atomic mass is 10.2. The smallest absolute Gasteiger partial charge is 0.261 e. The zero-order valence-corrected chi connectivity index (χ0v) is 8.97. The molecule has 1 aromatic carbocycles. The molecule has 0 aliphatic rings. The van der Waals surface area contributed by atoms with Crippen LogP contribution in [-0.2, 0) is 7.05 Å². The predicted molar refractivity (Wildman–Crippen MR) is 59.2 cm³/mol. The van der Waals surface area contributed by atoms with Crippen molar-refractivity contribution in [3.8, 4) is 0 Å². The number of aryl methyl sites for hydroxylation is 1. The first-order valence-electron chi connectivity index (χ1n) is 3.86. The molecule has 0 atom stereocenters. The molecule has 0 fully saturated rings. The maximum Gasteiger partial charge on any atom is 0.261 e. The van der Waals surface area contributed by atoms with Gasteiger partial charge in [0.25, 0.3) is 5.82 Å². The number of aromatic nitrogens is 2. The van der Waals surface area contributed by atoms with Crippen LogP contribution in [0.4, 0.5) is 5.82 Å². The van der Waals surface area contributed by atoms with Crippen LogP contribution in [0.5, 0.6) is 0 Å². The van der Waals surface area contributed by atoms with E-state index in [4.69, 9.17) is 18.2 Å². The van der Waals surface area contributed by atoms with Crippen molar-refractivity contribution in [1.82, 2.24) is 9.78 Å². The Morgan fingerprint density at radius 3 is 2.93 bits per heavy atom.